The average molecular weight is 253 g/mol. The van der Waals surface area contributed by atoms with E-state index in [-0.39, 0.29) is 11.7 Å². The van der Waals surface area contributed by atoms with Gasteiger partial charge in [0, 0.05) is 25.8 Å². The van der Waals surface area contributed by atoms with E-state index in [1.807, 2.05) is 6.07 Å². The van der Waals surface area contributed by atoms with E-state index in [2.05, 4.69) is 10.5 Å². The molecule has 1 amide bonds. The van der Waals surface area contributed by atoms with Crippen molar-refractivity contribution in [3.8, 4) is 0 Å². The smallest absolute Gasteiger partial charge is 0.220 e. The Balaban J connectivity index is 2.00. The van der Waals surface area contributed by atoms with Crippen molar-refractivity contribution in [2.45, 2.75) is 32.1 Å². The molecule has 0 fully saturated rings. The number of aryl methyl sites for hydroxylation is 1. The Hall–Kier alpha value is -1.98. The maximum Gasteiger partial charge on any atom is 0.220 e. The monoisotopic (exact) mass is 253 g/mol. The Morgan fingerprint density at radius 3 is 2.94 bits per heavy atom. The number of rotatable bonds is 8. The van der Waals surface area contributed by atoms with Gasteiger partial charge in [0.2, 0.25) is 5.91 Å². The van der Waals surface area contributed by atoms with Gasteiger partial charge < -0.3 is 20.7 Å². The summed E-state index contributed by atoms with van der Waals surface area (Å²) in [5.74, 6) is 1.05. The van der Waals surface area contributed by atoms with E-state index < -0.39 is 0 Å². The summed E-state index contributed by atoms with van der Waals surface area (Å²) < 4.78 is 5.13. The maximum atomic E-state index is 11.5. The highest BCUT2D eigenvalue weighted by molar-refractivity contribution is 5.79. The predicted octanol–water partition coefficient (Wildman–Crippen LogP) is 1.25. The number of nitrogens with zero attached hydrogens (tertiary/aromatic N) is 1. The molecule has 0 unspecified atom stereocenters. The van der Waals surface area contributed by atoms with E-state index in [1.165, 1.54) is 0 Å². The number of hydrogen-bond acceptors (Lipinski definition) is 4. The Labute approximate surface area is 106 Å². The van der Waals surface area contributed by atoms with E-state index in [1.54, 1.807) is 12.3 Å². The topological polar surface area (TPSA) is 101 Å². The summed E-state index contributed by atoms with van der Waals surface area (Å²) in [5, 5.41) is 14.0. The lowest BCUT2D eigenvalue weighted by molar-refractivity contribution is -0.121. The number of amides is 1. The standard InChI is InChI=1S/C12H19N3O3/c13-11(15-17)5-1-2-8-14-12(16)7-6-10-4-3-9-18-10/h3-4,9,17H,1-2,5-8H2,(H2,13,15)(H,14,16). The van der Waals surface area contributed by atoms with Gasteiger partial charge in [0.05, 0.1) is 6.26 Å². The highest BCUT2D eigenvalue weighted by Gasteiger charge is 2.03. The number of carbonyl (C=O) groups is 1. The Morgan fingerprint density at radius 2 is 2.28 bits per heavy atom. The first-order valence-corrected chi connectivity index (χ1v) is 5.98. The fourth-order valence-corrected chi connectivity index (χ4v) is 1.49. The van der Waals surface area contributed by atoms with Crippen molar-refractivity contribution < 1.29 is 14.4 Å². The largest absolute Gasteiger partial charge is 0.469 e. The van der Waals surface area contributed by atoms with Crippen LogP contribution in [0.1, 0.15) is 31.4 Å². The molecule has 0 saturated carbocycles. The van der Waals surface area contributed by atoms with Crippen LogP contribution in [-0.2, 0) is 11.2 Å². The molecular formula is C12H19N3O3. The zero-order valence-corrected chi connectivity index (χ0v) is 10.3. The van der Waals surface area contributed by atoms with Gasteiger partial charge in [-0.25, -0.2) is 0 Å². The van der Waals surface area contributed by atoms with Crippen LogP contribution < -0.4 is 11.1 Å². The number of carbonyl (C=O) groups excluding carboxylic acids is 1. The van der Waals surface area contributed by atoms with Crippen LogP contribution >= 0.6 is 0 Å². The second-order valence-electron chi connectivity index (χ2n) is 3.98. The number of furan rings is 1. The van der Waals surface area contributed by atoms with Crippen molar-refractivity contribution in [1.29, 1.82) is 0 Å². The summed E-state index contributed by atoms with van der Waals surface area (Å²) in [4.78, 5) is 11.5. The molecule has 6 nitrogen and oxygen atoms in total. The fraction of sp³-hybridized carbons (Fsp3) is 0.500. The fourth-order valence-electron chi connectivity index (χ4n) is 1.49. The van der Waals surface area contributed by atoms with Gasteiger partial charge in [0.25, 0.3) is 0 Å². The first kappa shape index (κ1) is 14.1. The zero-order valence-electron chi connectivity index (χ0n) is 10.3. The van der Waals surface area contributed by atoms with Crippen molar-refractivity contribution in [1.82, 2.24) is 5.32 Å². The number of nitrogens with one attached hydrogen (secondary N) is 1. The maximum absolute atomic E-state index is 11.5. The second-order valence-corrected chi connectivity index (χ2v) is 3.98. The molecule has 0 aliphatic heterocycles. The minimum absolute atomic E-state index is 0.00944. The molecule has 1 heterocycles. The van der Waals surface area contributed by atoms with Crippen LogP contribution in [0, 0.1) is 0 Å². The number of unbranched alkanes of at least 4 members (excludes halogenated alkanes) is 1. The van der Waals surface area contributed by atoms with Crippen molar-refractivity contribution in [2.75, 3.05) is 6.54 Å². The van der Waals surface area contributed by atoms with Gasteiger partial charge in [0.15, 0.2) is 0 Å². The molecular weight excluding hydrogens is 234 g/mol. The first-order chi connectivity index (χ1) is 8.72. The van der Waals surface area contributed by atoms with Crippen LogP contribution in [0.2, 0.25) is 0 Å². The normalized spacial score (nSPS) is 11.4. The van der Waals surface area contributed by atoms with E-state index in [9.17, 15) is 4.79 Å². The molecule has 100 valence electrons. The van der Waals surface area contributed by atoms with Gasteiger partial charge in [-0.1, -0.05) is 5.16 Å². The molecule has 0 spiro atoms. The van der Waals surface area contributed by atoms with Gasteiger partial charge in [-0.05, 0) is 25.0 Å². The summed E-state index contributed by atoms with van der Waals surface area (Å²) in [7, 11) is 0. The lowest BCUT2D eigenvalue weighted by atomic mass is 10.2. The van der Waals surface area contributed by atoms with Gasteiger partial charge >= 0.3 is 0 Å². The van der Waals surface area contributed by atoms with E-state index >= 15 is 0 Å². The second kappa shape index (κ2) is 8.16. The summed E-state index contributed by atoms with van der Waals surface area (Å²) in [6, 6.07) is 3.66. The highest BCUT2D eigenvalue weighted by atomic mass is 16.4. The number of hydrogen-bond donors (Lipinski definition) is 3. The van der Waals surface area contributed by atoms with Crippen LogP contribution in [0.3, 0.4) is 0 Å². The molecule has 0 aliphatic rings. The van der Waals surface area contributed by atoms with E-state index in [0.29, 0.717) is 25.8 Å². The summed E-state index contributed by atoms with van der Waals surface area (Å²) in [6.07, 6.45) is 4.77. The third kappa shape index (κ3) is 5.93. The average Bonchev–Trinajstić information content (AvgIpc) is 2.88. The number of nitrogens with two attached hydrogens (primary N) is 1. The van der Waals surface area contributed by atoms with Crippen molar-refractivity contribution in [3.05, 3.63) is 24.2 Å². The number of oxime groups is 1. The molecule has 1 rings (SSSR count). The Bertz CT molecular complexity index is 374. The van der Waals surface area contributed by atoms with Crippen LogP contribution in [-0.4, -0.2) is 23.5 Å². The van der Waals surface area contributed by atoms with Gasteiger partial charge in [-0.2, -0.15) is 0 Å². The van der Waals surface area contributed by atoms with Gasteiger partial charge in [-0.3, -0.25) is 4.79 Å². The third-order valence-corrected chi connectivity index (χ3v) is 2.49. The molecule has 0 aliphatic carbocycles. The quantitative estimate of drug-likeness (QED) is 0.213. The third-order valence-electron chi connectivity index (χ3n) is 2.49. The lowest BCUT2D eigenvalue weighted by Gasteiger charge is -2.04. The minimum Gasteiger partial charge on any atom is -0.469 e. The molecule has 0 atom stereocenters. The first-order valence-electron chi connectivity index (χ1n) is 5.98. The van der Waals surface area contributed by atoms with E-state index in [4.69, 9.17) is 15.4 Å². The number of amidine groups is 1. The minimum atomic E-state index is 0.00944. The summed E-state index contributed by atoms with van der Waals surface area (Å²) in [6.45, 7) is 0.607. The highest BCUT2D eigenvalue weighted by Crippen LogP contribution is 2.03. The molecule has 18 heavy (non-hydrogen) atoms. The summed E-state index contributed by atoms with van der Waals surface area (Å²) >= 11 is 0. The van der Waals surface area contributed by atoms with Crippen molar-refractivity contribution in [2.24, 2.45) is 10.9 Å². The van der Waals surface area contributed by atoms with Crippen LogP contribution in [0.15, 0.2) is 28.0 Å². The van der Waals surface area contributed by atoms with Gasteiger partial charge in [0.1, 0.15) is 11.6 Å². The molecule has 0 aromatic carbocycles. The van der Waals surface area contributed by atoms with E-state index in [0.717, 1.165) is 18.6 Å². The Morgan fingerprint density at radius 1 is 1.44 bits per heavy atom. The molecule has 0 saturated heterocycles. The predicted molar refractivity (Wildman–Crippen MR) is 67.3 cm³/mol. The Kier molecular flexibility index (Phi) is 6.38. The van der Waals surface area contributed by atoms with Crippen LogP contribution in [0.5, 0.6) is 0 Å². The molecule has 1 aromatic rings. The van der Waals surface area contributed by atoms with Gasteiger partial charge in [-0.15, -0.1) is 0 Å². The van der Waals surface area contributed by atoms with Crippen molar-refractivity contribution in [3.63, 3.8) is 0 Å². The molecule has 4 N–H and O–H groups in total. The molecule has 0 bridgehead atoms. The molecule has 1 aromatic heterocycles. The summed E-state index contributed by atoms with van der Waals surface area (Å²) in [5.41, 5.74) is 5.32. The molecule has 0 radical (unpaired) electrons. The van der Waals surface area contributed by atoms with Crippen molar-refractivity contribution >= 4 is 11.7 Å². The van der Waals surface area contributed by atoms with Crippen LogP contribution in [0.25, 0.3) is 0 Å². The van der Waals surface area contributed by atoms with Crippen LogP contribution in [0.4, 0.5) is 0 Å². The SMILES string of the molecule is NC(CCCCNC(=O)CCc1ccco1)=NO. The molecule has 6 heteroatoms. The zero-order chi connectivity index (χ0) is 13.2. The lowest BCUT2D eigenvalue weighted by Crippen LogP contribution is -2.24.